The third kappa shape index (κ3) is 3.36. The smallest absolute Gasteiger partial charge is 0.239 e. The highest BCUT2D eigenvalue weighted by atomic mass is 15.3. The fourth-order valence-corrected chi connectivity index (χ4v) is 1.42. The molecule has 0 fully saturated rings. The molecule has 0 saturated carbocycles. The van der Waals surface area contributed by atoms with Crippen LogP contribution in [-0.2, 0) is 0 Å². The van der Waals surface area contributed by atoms with E-state index in [0.29, 0.717) is 11.9 Å². The maximum absolute atomic E-state index is 5.27. The highest BCUT2D eigenvalue weighted by molar-refractivity contribution is 5.41. The lowest BCUT2D eigenvalue weighted by Crippen LogP contribution is -2.28. The minimum absolute atomic E-state index is 0.453. The first-order chi connectivity index (χ1) is 7.17. The van der Waals surface area contributed by atoms with Crippen LogP contribution in [0.4, 0.5) is 11.8 Å². The standard InChI is InChI=1S/C10H19N5/c1-4-15(7-8(2)3)9-5-6-12-10(13-9)14-11/h5-6,8H,4,7,11H2,1-3H3,(H,12,13,14). The summed E-state index contributed by atoms with van der Waals surface area (Å²) in [6, 6.07) is 1.90. The molecular formula is C10H19N5. The van der Waals surface area contributed by atoms with E-state index < -0.39 is 0 Å². The van der Waals surface area contributed by atoms with Crippen molar-refractivity contribution in [3.8, 4) is 0 Å². The maximum atomic E-state index is 5.27. The summed E-state index contributed by atoms with van der Waals surface area (Å²) in [5.41, 5.74) is 2.45. The van der Waals surface area contributed by atoms with Crippen LogP contribution in [0.3, 0.4) is 0 Å². The molecule has 0 radical (unpaired) electrons. The van der Waals surface area contributed by atoms with Crippen molar-refractivity contribution in [3.63, 3.8) is 0 Å². The van der Waals surface area contributed by atoms with Gasteiger partial charge in [0.15, 0.2) is 0 Å². The first-order valence-electron chi connectivity index (χ1n) is 5.22. The molecule has 0 aromatic carbocycles. The molecule has 0 saturated heterocycles. The zero-order chi connectivity index (χ0) is 11.3. The largest absolute Gasteiger partial charge is 0.356 e. The average molecular weight is 209 g/mol. The summed E-state index contributed by atoms with van der Waals surface area (Å²) in [5.74, 6) is 7.24. The van der Waals surface area contributed by atoms with E-state index in [1.165, 1.54) is 0 Å². The van der Waals surface area contributed by atoms with Crippen molar-refractivity contribution >= 4 is 11.8 Å². The molecule has 1 aromatic heterocycles. The number of rotatable bonds is 5. The van der Waals surface area contributed by atoms with Gasteiger partial charge in [0.2, 0.25) is 5.95 Å². The van der Waals surface area contributed by atoms with Gasteiger partial charge in [0.25, 0.3) is 0 Å². The van der Waals surface area contributed by atoms with Crippen molar-refractivity contribution in [3.05, 3.63) is 12.3 Å². The SMILES string of the molecule is CCN(CC(C)C)c1ccnc(NN)n1. The Morgan fingerprint density at radius 2 is 2.27 bits per heavy atom. The van der Waals surface area contributed by atoms with Crippen LogP contribution in [0, 0.1) is 5.92 Å². The molecule has 1 aromatic rings. The van der Waals surface area contributed by atoms with E-state index in [1.807, 2.05) is 6.07 Å². The number of aromatic nitrogens is 2. The van der Waals surface area contributed by atoms with Crippen molar-refractivity contribution in [2.75, 3.05) is 23.4 Å². The molecule has 1 rings (SSSR count). The molecular weight excluding hydrogens is 190 g/mol. The monoisotopic (exact) mass is 209 g/mol. The van der Waals surface area contributed by atoms with Crippen LogP contribution >= 0.6 is 0 Å². The van der Waals surface area contributed by atoms with E-state index in [-0.39, 0.29) is 0 Å². The van der Waals surface area contributed by atoms with Gasteiger partial charge < -0.3 is 4.90 Å². The third-order valence-electron chi connectivity index (χ3n) is 2.06. The number of nitrogens with two attached hydrogens (primary N) is 1. The molecule has 5 heteroatoms. The Kier molecular flexibility index (Phi) is 4.30. The fraction of sp³-hybridized carbons (Fsp3) is 0.600. The lowest BCUT2D eigenvalue weighted by molar-refractivity contribution is 0.614. The Morgan fingerprint density at radius 3 is 2.80 bits per heavy atom. The molecule has 3 N–H and O–H groups in total. The van der Waals surface area contributed by atoms with Gasteiger partial charge in [-0.1, -0.05) is 13.8 Å². The van der Waals surface area contributed by atoms with Crippen LogP contribution in [0.25, 0.3) is 0 Å². The summed E-state index contributed by atoms with van der Waals surface area (Å²) in [7, 11) is 0. The van der Waals surface area contributed by atoms with Gasteiger partial charge in [0.1, 0.15) is 5.82 Å². The first-order valence-corrected chi connectivity index (χ1v) is 5.22. The van der Waals surface area contributed by atoms with Crippen molar-refractivity contribution in [2.24, 2.45) is 11.8 Å². The van der Waals surface area contributed by atoms with E-state index >= 15 is 0 Å². The Bertz CT molecular complexity index is 300. The van der Waals surface area contributed by atoms with Crippen molar-refractivity contribution in [1.82, 2.24) is 9.97 Å². The summed E-state index contributed by atoms with van der Waals surface area (Å²) in [5, 5.41) is 0. The topological polar surface area (TPSA) is 67.1 Å². The van der Waals surface area contributed by atoms with E-state index in [1.54, 1.807) is 6.20 Å². The lowest BCUT2D eigenvalue weighted by Gasteiger charge is -2.23. The number of nitrogen functional groups attached to an aromatic ring is 1. The number of nitrogens with zero attached hydrogens (tertiary/aromatic N) is 3. The molecule has 0 aliphatic carbocycles. The Balaban J connectivity index is 2.81. The van der Waals surface area contributed by atoms with Gasteiger partial charge in [0.05, 0.1) is 0 Å². The van der Waals surface area contributed by atoms with E-state index in [2.05, 4.69) is 41.1 Å². The number of hydrazine groups is 1. The van der Waals surface area contributed by atoms with Gasteiger partial charge in [-0.2, -0.15) is 4.98 Å². The van der Waals surface area contributed by atoms with Crippen molar-refractivity contribution < 1.29 is 0 Å². The molecule has 0 amide bonds. The van der Waals surface area contributed by atoms with Crippen molar-refractivity contribution in [2.45, 2.75) is 20.8 Å². The highest BCUT2D eigenvalue weighted by Crippen LogP contribution is 2.13. The zero-order valence-corrected chi connectivity index (χ0v) is 9.57. The van der Waals surface area contributed by atoms with Crippen LogP contribution in [0.15, 0.2) is 12.3 Å². The Hall–Kier alpha value is -1.36. The molecule has 1 heterocycles. The average Bonchev–Trinajstić information content (AvgIpc) is 2.25. The summed E-state index contributed by atoms with van der Waals surface area (Å²) < 4.78 is 0. The van der Waals surface area contributed by atoms with Crippen molar-refractivity contribution in [1.29, 1.82) is 0 Å². The highest BCUT2D eigenvalue weighted by Gasteiger charge is 2.08. The molecule has 0 bridgehead atoms. The second-order valence-corrected chi connectivity index (χ2v) is 3.82. The Morgan fingerprint density at radius 1 is 1.53 bits per heavy atom. The van der Waals surface area contributed by atoms with Crippen LogP contribution in [0.1, 0.15) is 20.8 Å². The zero-order valence-electron chi connectivity index (χ0n) is 9.57. The molecule has 0 aliphatic rings. The number of nitrogens with one attached hydrogen (secondary N) is 1. The predicted molar refractivity (Wildman–Crippen MR) is 62.6 cm³/mol. The molecule has 0 spiro atoms. The molecule has 0 atom stereocenters. The second kappa shape index (κ2) is 5.50. The molecule has 84 valence electrons. The Labute approximate surface area is 90.7 Å². The number of hydrogen-bond donors (Lipinski definition) is 2. The van der Waals surface area contributed by atoms with E-state index in [9.17, 15) is 0 Å². The number of hydrogen-bond acceptors (Lipinski definition) is 5. The van der Waals surface area contributed by atoms with Gasteiger partial charge in [0, 0.05) is 19.3 Å². The van der Waals surface area contributed by atoms with Gasteiger partial charge in [-0.05, 0) is 18.9 Å². The van der Waals surface area contributed by atoms with Gasteiger partial charge >= 0.3 is 0 Å². The summed E-state index contributed by atoms with van der Waals surface area (Å²) in [4.78, 5) is 10.5. The quantitative estimate of drug-likeness (QED) is 0.564. The summed E-state index contributed by atoms with van der Waals surface area (Å²) in [6.45, 7) is 8.40. The van der Waals surface area contributed by atoms with Crippen LogP contribution < -0.4 is 16.2 Å². The van der Waals surface area contributed by atoms with E-state index in [4.69, 9.17) is 5.84 Å². The molecule has 0 unspecified atom stereocenters. The normalized spacial score (nSPS) is 10.5. The van der Waals surface area contributed by atoms with Crippen LogP contribution in [0.5, 0.6) is 0 Å². The van der Waals surface area contributed by atoms with Gasteiger partial charge in [-0.3, -0.25) is 5.43 Å². The summed E-state index contributed by atoms with van der Waals surface area (Å²) in [6.07, 6.45) is 1.71. The minimum atomic E-state index is 0.453. The maximum Gasteiger partial charge on any atom is 0.239 e. The molecule has 0 aliphatic heterocycles. The molecule has 15 heavy (non-hydrogen) atoms. The third-order valence-corrected chi connectivity index (χ3v) is 2.06. The predicted octanol–water partition coefficient (Wildman–Crippen LogP) is 1.24. The van der Waals surface area contributed by atoms with E-state index in [0.717, 1.165) is 18.9 Å². The van der Waals surface area contributed by atoms with Crippen LogP contribution in [0.2, 0.25) is 0 Å². The second-order valence-electron chi connectivity index (χ2n) is 3.82. The van der Waals surface area contributed by atoms with Gasteiger partial charge in [-0.15, -0.1) is 0 Å². The fourth-order valence-electron chi connectivity index (χ4n) is 1.42. The first kappa shape index (κ1) is 11.7. The van der Waals surface area contributed by atoms with Crippen LogP contribution in [-0.4, -0.2) is 23.1 Å². The summed E-state index contributed by atoms with van der Waals surface area (Å²) >= 11 is 0. The number of anilines is 2. The molecule has 5 nitrogen and oxygen atoms in total. The lowest BCUT2D eigenvalue weighted by atomic mass is 10.2. The minimum Gasteiger partial charge on any atom is -0.356 e. The van der Waals surface area contributed by atoms with Gasteiger partial charge in [-0.25, -0.2) is 10.8 Å².